The summed E-state index contributed by atoms with van der Waals surface area (Å²) in [7, 11) is 0. The minimum atomic E-state index is -0.0839. The van der Waals surface area contributed by atoms with Crippen LogP contribution >= 0.6 is 11.3 Å². The normalized spacial score (nSPS) is 32.4. The monoisotopic (exact) mass is 266 g/mol. The molecule has 0 spiro atoms. The molecule has 0 aromatic carbocycles. The number of rotatable bonds is 3. The van der Waals surface area contributed by atoms with E-state index in [1.807, 2.05) is 17.9 Å². The Morgan fingerprint density at radius 3 is 3.17 bits per heavy atom. The van der Waals surface area contributed by atoms with Gasteiger partial charge in [0.2, 0.25) is 5.91 Å². The summed E-state index contributed by atoms with van der Waals surface area (Å²) in [6.45, 7) is 4.36. The number of carbonyl (C=O) groups is 1. The van der Waals surface area contributed by atoms with Crippen LogP contribution in [0.1, 0.15) is 24.4 Å². The number of amides is 1. The van der Waals surface area contributed by atoms with Gasteiger partial charge in [-0.05, 0) is 24.8 Å². The summed E-state index contributed by atoms with van der Waals surface area (Å²) in [5.74, 6) is 0.698. The highest BCUT2D eigenvalue weighted by Gasteiger charge is 2.38. The first-order chi connectivity index (χ1) is 8.75. The molecule has 2 aliphatic rings. The standard InChI is InChI=1S/C13H18N2O2S/c1-9-13(16)15(7-10-4-5-17-8-10)12(14-9)11-3-2-6-18-11/h2-3,6,9-10,12,14H,4-5,7-8H2,1H3. The van der Waals surface area contributed by atoms with Crippen molar-refractivity contribution in [2.75, 3.05) is 19.8 Å². The van der Waals surface area contributed by atoms with Gasteiger partial charge in [-0.2, -0.15) is 0 Å². The third-order valence-corrected chi connectivity index (χ3v) is 4.59. The molecule has 5 heteroatoms. The Hall–Kier alpha value is -0.910. The van der Waals surface area contributed by atoms with Crippen molar-refractivity contribution < 1.29 is 9.53 Å². The van der Waals surface area contributed by atoms with Crippen molar-refractivity contribution in [2.45, 2.75) is 25.6 Å². The largest absolute Gasteiger partial charge is 0.381 e. The highest BCUT2D eigenvalue weighted by molar-refractivity contribution is 7.10. The van der Waals surface area contributed by atoms with E-state index in [1.165, 1.54) is 4.88 Å². The first kappa shape index (κ1) is 12.1. The number of hydrogen-bond donors (Lipinski definition) is 1. The van der Waals surface area contributed by atoms with E-state index in [0.29, 0.717) is 5.92 Å². The van der Waals surface area contributed by atoms with Crippen molar-refractivity contribution in [1.82, 2.24) is 10.2 Å². The fourth-order valence-electron chi connectivity index (χ4n) is 2.66. The van der Waals surface area contributed by atoms with E-state index in [9.17, 15) is 4.79 Å². The molecule has 0 radical (unpaired) electrons. The lowest BCUT2D eigenvalue weighted by Gasteiger charge is -2.25. The highest BCUT2D eigenvalue weighted by atomic mass is 32.1. The molecule has 2 saturated heterocycles. The lowest BCUT2D eigenvalue weighted by atomic mass is 10.1. The number of nitrogens with one attached hydrogen (secondary N) is 1. The summed E-state index contributed by atoms with van der Waals surface area (Å²) in [4.78, 5) is 15.4. The van der Waals surface area contributed by atoms with Gasteiger partial charge in [0.15, 0.2) is 0 Å². The summed E-state index contributed by atoms with van der Waals surface area (Å²) in [6.07, 6.45) is 1.11. The molecule has 1 N–H and O–H groups in total. The molecule has 0 saturated carbocycles. The Morgan fingerprint density at radius 1 is 1.61 bits per heavy atom. The van der Waals surface area contributed by atoms with Crippen LogP contribution in [-0.2, 0) is 9.53 Å². The third kappa shape index (κ3) is 2.18. The van der Waals surface area contributed by atoms with E-state index in [0.717, 1.165) is 26.2 Å². The van der Waals surface area contributed by atoms with Crippen molar-refractivity contribution in [2.24, 2.45) is 5.92 Å². The van der Waals surface area contributed by atoms with Gasteiger partial charge in [0.1, 0.15) is 6.17 Å². The van der Waals surface area contributed by atoms with Gasteiger partial charge in [0.25, 0.3) is 0 Å². The van der Waals surface area contributed by atoms with Gasteiger partial charge in [-0.15, -0.1) is 11.3 Å². The third-order valence-electron chi connectivity index (χ3n) is 3.66. The van der Waals surface area contributed by atoms with Crippen molar-refractivity contribution in [3.8, 4) is 0 Å². The van der Waals surface area contributed by atoms with E-state index in [-0.39, 0.29) is 18.1 Å². The molecular formula is C13H18N2O2S. The van der Waals surface area contributed by atoms with Crippen molar-refractivity contribution >= 4 is 17.2 Å². The van der Waals surface area contributed by atoms with Crippen molar-refractivity contribution in [1.29, 1.82) is 0 Å². The number of nitrogens with zero attached hydrogens (tertiary/aromatic N) is 1. The van der Waals surface area contributed by atoms with Crippen LogP contribution in [0.4, 0.5) is 0 Å². The van der Waals surface area contributed by atoms with Crippen LogP contribution < -0.4 is 5.32 Å². The number of thiophene rings is 1. The molecule has 3 atom stereocenters. The minimum Gasteiger partial charge on any atom is -0.381 e. The molecule has 3 heterocycles. The Kier molecular flexibility index (Phi) is 3.37. The fourth-order valence-corrected chi connectivity index (χ4v) is 3.45. The number of hydrogen-bond acceptors (Lipinski definition) is 4. The predicted molar refractivity (Wildman–Crippen MR) is 70.3 cm³/mol. The molecular weight excluding hydrogens is 248 g/mol. The lowest BCUT2D eigenvalue weighted by Crippen LogP contribution is -2.35. The average Bonchev–Trinajstić information content (AvgIpc) is 3.07. The summed E-state index contributed by atoms with van der Waals surface area (Å²) in [6, 6.07) is 4.04. The van der Waals surface area contributed by atoms with Gasteiger partial charge < -0.3 is 9.64 Å². The van der Waals surface area contributed by atoms with Crippen LogP contribution in [0.5, 0.6) is 0 Å². The fraction of sp³-hybridized carbons (Fsp3) is 0.615. The summed E-state index contributed by atoms with van der Waals surface area (Å²) in [5, 5.41) is 5.43. The first-order valence-corrected chi connectivity index (χ1v) is 7.31. The molecule has 0 bridgehead atoms. The van der Waals surface area contributed by atoms with Crippen LogP contribution in [0.3, 0.4) is 0 Å². The average molecular weight is 266 g/mol. The molecule has 2 fully saturated rings. The van der Waals surface area contributed by atoms with E-state index >= 15 is 0 Å². The van der Waals surface area contributed by atoms with Crippen LogP contribution in [0.2, 0.25) is 0 Å². The zero-order valence-electron chi connectivity index (χ0n) is 10.5. The van der Waals surface area contributed by atoms with Gasteiger partial charge in [0.05, 0.1) is 12.6 Å². The minimum absolute atomic E-state index is 0.0492. The van der Waals surface area contributed by atoms with Crippen molar-refractivity contribution in [3.05, 3.63) is 22.4 Å². The smallest absolute Gasteiger partial charge is 0.241 e. The van der Waals surface area contributed by atoms with E-state index in [2.05, 4.69) is 16.8 Å². The summed E-state index contributed by atoms with van der Waals surface area (Å²) >= 11 is 1.70. The van der Waals surface area contributed by atoms with Gasteiger partial charge in [-0.1, -0.05) is 6.07 Å². The van der Waals surface area contributed by atoms with Crippen LogP contribution in [-0.4, -0.2) is 36.6 Å². The van der Waals surface area contributed by atoms with Crippen LogP contribution in [0.25, 0.3) is 0 Å². The quantitative estimate of drug-likeness (QED) is 0.903. The van der Waals surface area contributed by atoms with E-state index in [4.69, 9.17) is 4.74 Å². The Balaban J connectivity index is 1.77. The predicted octanol–water partition coefficient (Wildman–Crippen LogP) is 1.60. The maximum Gasteiger partial charge on any atom is 0.241 e. The van der Waals surface area contributed by atoms with E-state index < -0.39 is 0 Å². The van der Waals surface area contributed by atoms with Crippen LogP contribution in [0.15, 0.2) is 17.5 Å². The number of ether oxygens (including phenoxy) is 1. The molecule has 1 aromatic rings. The van der Waals surface area contributed by atoms with Gasteiger partial charge in [0, 0.05) is 23.9 Å². The van der Waals surface area contributed by atoms with Gasteiger partial charge in [-0.3, -0.25) is 10.1 Å². The molecule has 3 rings (SSSR count). The van der Waals surface area contributed by atoms with Gasteiger partial charge >= 0.3 is 0 Å². The van der Waals surface area contributed by atoms with Crippen molar-refractivity contribution in [3.63, 3.8) is 0 Å². The number of carbonyl (C=O) groups excluding carboxylic acids is 1. The highest BCUT2D eigenvalue weighted by Crippen LogP contribution is 2.30. The Morgan fingerprint density at radius 2 is 2.50 bits per heavy atom. The zero-order valence-corrected chi connectivity index (χ0v) is 11.3. The summed E-state index contributed by atoms with van der Waals surface area (Å²) < 4.78 is 5.40. The second-order valence-electron chi connectivity index (χ2n) is 5.03. The maximum absolute atomic E-state index is 12.2. The molecule has 4 nitrogen and oxygen atoms in total. The molecule has 3 unspecified atom stereocenters. The second kappa shape index (κ2) is 4.99. The van der Waals surface area contributed by atoms with Gasteiger partial charge in [-0.25, -0.2) is 0 Å². The molecule has 1 amide bonds. The topological polar surface area (TPSA) is 41.6 Å². The molecule has 98 valence electrons. The molecule has 1 aromatic heterocycles. The molecule has 2 aliphatic heterocycles. The summed E-state index contributed by atoms with van der Waals surface area (Å²) in [5.41, 5.74) is 0. The Labute approximate surface area is 111 Å². The first-order valence-electron chi connectivity index (χ1n) is 6.43. The second-order valence-corrected chi connectivity index (χ2v) is 6.01. The lowest BCUT2D eigenvalue weighted by molar-refractivity contribution is -0.130. The Bertz CT molecular complexity index is 415. The van der Waals surface area contributed by atoms with E-state index in [1.54, 1.807) is 11.3 Å². The molecule has 18 heavy (non-hydrogen) atoms. The SMILES string of the molecule is CC1NC(c2cccs2)N(CC2CCOC2)C1=O. The molecule has 0 aliphatic carbocycles. The maximum atomic E-state index is 12.2. The van der Waals surface area contributed by atoms with Crippen LogP contribution in [0, 0.1) is 5.92 Å². The zero-order chi connectivity index (χ0) is 12.5.